The van der Waals surface area contributed by atoms with E-state index in [1.165, 1.54) is 0 Å². The monoisotopic (exact) mass is 753 g/mol. The first-order valence-corrected chi connectivity index (χ1v) is 17.8. The van der Waals surface area contributed by atoms with Crippen LogP contribution in [0, 0.1) is 0 Å². The first-order chi connectivity index (χ1) is 25.4. The molecule has 5 fully saturated rings. The molecule has 4 saturated heterocycles. The average Bonchev–Trinajstić information content (AvgIpc) is 3.46. The maximum atomic E-state index is 11.4. The zero-order valence-electron chi connectivity index (χ0n) is 28.8. The fourth-order valence-electron chi connectivity index (χ4n) is 7.73. The van der Waals surface area contributed by atoms with Gasteiger partial charge < -0.3 is 97.2 Å². The van der Waals surface area contributed by atoms with Gasteiger partial charge in [-0.15, -0.1) is 0 Å². The predicted octanol–water partition coefficient (Wildman–Crippen LogP) is -4.95. The summed E-state index contributed by atoms with van der Waals surface area (Å²) in [6.07, 6.45) is -19.5. The SMILES string of the molecule is NC[C@H]1O[C@@H](O[C@H]2[C@@H](O)[C@H](O[C@H]3[C@H](O)[C@@H](N)C[C@@H](N)[C@@H]3O[C@H]3O[C@@H]4CO[C@@H](c5ccc6ccccc6c5)O[C@H]4[C@H](O)[C@H]3N)O[C@@H]2CO)[C@@H](N)[C@H](O)[C@H]1O. The molecular weight excluding hydrogens is 702 g/mol. The van der Waals surface area contributed by atoms with Gasteiger partial charge in [0, 0.05) is 24.2 Å². The summed E-state index contributed by atoms with van der Waals surface area (Å²) in [5, 5.41) is 66.7. The zero-order chi connectivity index (χ0) is 37.7. The molecule has 53 heavy (non-hydrogen) atoms. The van der Waals surface area contributed by atoms with Crippen LogP contribution in [0.2, 0.25) is 0 Å². The third kappa shape index (κ3) is 7.59. The van der Waals surface area contributed by atoms with Crippen molar-refractivity contribution >= 4 is 10.8 Å². The summed E-state index contributed by atoms with van der Waals surface area (Å²) in [6.45, 7) is -0.763. The fraction of sp³-hybridized carbons (Fsp3) is 0.706. The lowest BCUT2D eigenvalue weighted by atomic mass is 9.84. The van der Waals surface area contributed by atoms with Crippen molar-refractivity contribution in [3.8, 4) is 0 Å². The molecule has 19 heteroatoms. The number of nitrogens with two attached hydrogens (primary N) is 5. The van der Waals surface area contributed by atoms with Crippen molar-refractivity contribution in [3.05, 3.63) is 48.0 Å². The first-order valence-electron chi connectivity index (χ1n) is 17.8. The number of ether oxygens (including phenoxy) is 8. The van der Waals surface area contributed by atoms with Crippen LogP contribution >= 0.6 is 0 Å². The van der Waals surface area contributed by atoms with Crippen LogP contribution in [0.3, 0.4) is 0 Å². The number of hydrogen-bond acceptors (Lipinski definition) is 19. The Morgan fingerprint density at radius 1 is 0.642 bits per heavy atom. The lowest BCUT2D eigenvalue weighted by Crippen LogP contribution is -2.69. The lowest BCUT2D eigenvalue weighted by molar-refractivity contribution is -0.356. The standard InChI is InChI=1S/C34H51N5O14/c35-9-17-23(42)24(43)20(38)32(47-17)52-28-18(10-40)48-34(26(28)45)53-30-22(41)15(36)8-16(37)27(30)50-33-21(39)25(44)29-19(49-33)11-46-31(51-29)14-6-5-12-3-1-2-4-13(12)7-14/h1-7,15-34,40-45H,8-11,35-39H2/t15-,16+,17+,18+,19+,20-,21+,22+,23-,24-,25+,26+,27-,28+,29+,30-,31+,32-,33+,34-/m0/s1. The second kappa shape index (κ2) is 16.2. The second-order valence-electron chi connectivity index (χ2n) is 14.4. The Balaban J connectivity index is 1.03. The van der Waals surface area contributed by atoms with Gasteiger partial charge in [0.15, 0.2) is 25.2 Å². The van der Waals surface area contributed by atoms with Gasteiger partial charge >= 0.3 is 0 Å². The summed E-state index contributed by atoms with van der Waals surface area (Å²) in [5.74, 6) is 0. The van der Waals surface area contributed by atoms with Gasteiger partial charge in [0.2, 0.25) is 0 Å². The molecule has 0 aromatic heterocycles. The Morgan fingerprint density at radius 2 is 1.30 bits per heavy atom. The summed E-state index contributed by atoms with van der Waals surface area (Å²) in [5.41, 5.74) is 31.6. The third-order valence-corrected chi connectivity index (χ3v) is 10.8. The summed E-state index contributed by atoms with van der Waals surface area (Å²) >= 11 is 0. The van der Waals surface area contributed by atoms with Gasteiger partial charge in [-0.05, 0) is 23.3 Å². The van der Waals surface area contributed by atoms with Crippen molar-refractivity contribution in [2.24, 2.45) is 28.7 Å². The van der Waals surface area contributed by atoms with Crippen molar-refractivity contribution in [2.45, 2.75) is 129 Å². The molecule has 0 spiro atoms. The van der Waals surface area contributed by atoms with Crippen LogP contribution in [0.25, 0.3) is 10.8 Å². The van der Waals surface area contributed by atoms with Crippen LogP contribution in [0.4, 0.5) is 0 Å². The molecule has 4 aliphatic heterocycles. The topological polar surface area (TPSA) is 325 Å². The van der Waals surface area contributed by atoms with Gasteiger partial charge in [-0.3, -0.25) is 0 Å². The highest BCUT2D eigenvalue weighted by molar-refractivity contribution is 5.83. The van der Waals surface area contributed by atoms with Crippen LogP contribution < -0.4 is 28.7 Å². The van der Waals surface area contributed by atoms with Crippen molar-refractivity contribution in [1.82, 2.24) is 0 Å². The molecule has 2 aromatic rings. The fourth-order valence-corrected chi connectivity index (χ4v) is 7.73. The number of rotatable bonds is 9. The van der Waals surface area contributed by atoms with Crippen molar-refractivity contribution in [3.63, 3.8) is 0 Å². The number of fused-ring (bicyclic) bond motifs is 2. The average molecular weight is 754 g/mol. The molecule has 7 rings (SSSR count). The van der Waals surface area contributed by atoms with E-state index in [4.69, 9.17) is 66.6 Å². The largest absolute Gasteiger partial charge is 0.394 e. The quantitative estimate of drug-likeness (QED) is 0.114. The number of benzene rings is 2. The number of aliphatic hydroxyl groups is 6. The van der Waals surface area contributed by atoms with E-state index in [9.17, 15) is 30.6 Å². The molecule has 2 aromatic carbocycles. The Morgan fingerprint density at radius 3 is 2.04 bits per heavy atom. The summed E-state index contributed by atoms with van der Waals surface area (Å²) < 4.78 is 48.0. The molecule has 0 amide bonds. The minimum atomic E-state index is -1.60. The lowest BCUT2D eigenvalue weighted by Gasteiger charge is -2.49. The van der Waals surface area contributed by atoms with Gasteiger partial charge in [-0.1, -0.05) is 36.4 Å². The van der Waals surface area contributed by atoms with Crippen LogP contribution in [0.15, 0.2) is 42.5 Å². The molecule has 5 aliphatic rings. The Labute approximate surface area is 304 Å². The Hall–Kier alpha value is -2.06. The highest BCUT2D eigenvalue weighted by Gasteiger charge is 2.55. The number of aliphatic hydroxyl groups excluding tert-OH is 6. The smallest absolute Gasteiger partial charge is 0.187 e. The second-order valence-corrected chi connectivity index (χ2v) is 14.4. The Bertz CT molecular complexity index is 1530. The highest BCUT2D eigenvalue weighted by atomic mass is 16.8. The van der Waals surface area contributed by atoms with Gasteiger partial charge in [-0.2, -0.15) is 0 Å². The zero-order valence-corrected chi connectivity index (χ0v) is 28.8. The number of hydrogen-bond donors (Lipinski definition) is 11. The molecule has 0 radical (unpaired) electrons. The van der Waals surface area contributed by atoms with E-state index in [-0.39, 0.29) is 19.6 Å². The molecule has 4 heterocycles. The molecule has 19 nitrogen and oxygen atoms in total. The maximum Gasteiger partial charge on any atom is 0.187 e. The first kappa shape index (κ1) is 39.2. The predicted molar refractivity (Wildman–Crippen MR) is 181 cm³/mol. The highest BCUT2D eigenvalue weighted by Crippen LogP contribution is 2.37. The summed E-state index contributed by atoms with van der Waals surface area (Å²) in [6, 6.07) is 9.58. The van der Waals surface area contributed by atoms with Crippen molar-refractivity contribution in [1.29, 1.82) is 0 Å². The van der Waals surface area contributed by atoms with E-state index < -0.39 is 129 Å². The molecule has 0 bridgehead atoms. The van der Waals surface area contributed by atoms with Gasteiger partial charge in [0.05, 0.1) is 31.4 Å². The molecule has 1 saturated carbocycles. The van der Waals surface area contributed by atoms with Crippen LogP contribution in [0.5, 0.6) is 0 Å². The van der Waals surface area contributed by atoms with E-state index in [0.717, 1.165) is 16.3 Å². The van der Waals surface area contributed by atoms with E-state index in [1.807, 2.05) is 42.5 Å². The Kier molecular flexibility index (Phi) is 12.0. The van der Waals surface area contributed by atoms with Gasteiger partial charge in [0.1, 0.15) is 67.1 Å². The van der Waals surface area contributed by atoms with Crippen LogP contribution in [0.1, 0.15) is 18.3 Å². The van der Waals surface area contributed by atoms with Gasteiger partial charge in [0.25, 0.3) is 0 Å². The molecular formula is C34H51N5O14. The van der Waals surface area contributed by atoms with Crippen molar-refractivity contribution < 1.29 is 68.5 Å². The minimum Gasteiger partial charge on any atom is -0.394 e. The van der Waals surface area contributed by atoms with E-state index in [0.29, 0.717) is 0 Å². The molecule has 296 valence electrons. The van der Waals surface area contributed by atoms with Crippen LogP contribution in [-0.4, -0.2) is 167 Å². The molecule has 16 N–H and O–H groups in total. The minimum absolute atomic E-state index is 0.0401. The summed E-state index contributed by atoms with van der Waals surface area (Å²) in [4.78, 5) is 0. The maximum absolute atomic E-state index is 11.4. The van der Waals surface area contributed by atoms with E-state index >= 15 is 0 Å². The summed E-state index contributed by atoms with van der Waals surface area (Å²) in [7, 11) is 0. The van der Waals surface area contributed by atoms with E-state index in [2.05, 4.69) is 0 Å². The molecule has 0 unspecified atom stereocenters. The molecule has 1 aliphatic carbocycles. The van der Waals surface area contributed by atoms with Crippen LogP contribution in [-0.2, 0) is 37.9 Å². The van der Waals surface area contributed by atoms with Crippen molar-refractivity contribution in [2.75, 3.05) is 19.8 Å². The third-order valence-electron chi connectivity index (χ3n) is 10.8. The van der Waals surface area contributed by atoms with Gasteiger partial charge in [-0.25, -0.2) is 0 Å². The molecule has 20 atom stereocenters. The normalized spacial score (nSPS) is 47.8. The van der Waals surface area contributed by atoms with E-state index in [1.54, 1.807) is 0 Å².